The molecule has 0 saturated heterocycles. The first-order valence-electron chi connectivity index (χ1n) is 8.25. The maximum atomic E-state index is 12.7. The first-order valence-corrected chi connectivity index (χ1v) is 8.25. The smallest absolute Gasteiger partial charge is 0.305 e. The maximum Gasteiger partial charge on any atom is 0.305 e. The molecule has 0 atom stereocenters. The van der Waals surface area contributed by atoms with Gasteiger partial charge in [-0.05, 0) is 51.1 Å². The lowest BCUT2D eigenvalue weighted by Crippen LogP contribution is -2.42. The number of methoxy groups -OCH3 is 1. The number of aryl methyl sites for hydroxylation is 2. The summed E-state index contributed by atoms with van der Waals surface area (Å²) in [5, 5.41) is 2.68. The molecule has 0 unspecified atom stereocenters. The molecule has 1 heterocycles. The second kappa shape index (κ2) is 6.89. The summed E-state index contributed by atoms with van der Waals surface area (Å²) < 4.78 is 11.0. The number of hydrazine groups is 1. The van der Waals surface area contributed by atoms with E-state index in [9.17, 15) is 4.79 Å². The third-order valence-electron chi connectivity index (χ3n) is 4.25. The molecule has 3 aromatic rings. The molecule has 0 spiro atoms. The van der Waals surface area contributed by atoms with Crippen LogP contribution in [0.5, 0.6) is 5.75 Å². The minimum Gasteiger partial charge on any atom is -0.497 e. The van der Waals surface area contributed by atoms with Crippen LogP contribution in [0.3, 0.4) is 0 Å². The molecule has 0 saturated carbocycles. The number of ether oxygens (including phenoxy) is 1. The Morgan fingerprint density at radius 1 is 1.16 bits per heavy atom. The van der Waals surface area contributed by atoms with Gasteiger partial charge in [0.1, 0.15) is 11.3 Å². The van der Waals surface area contributed by atoms with Gasteiger partial charge in [0.25, 0.3) is 0 Å². The highest BCUT2D eigenvalue weighted by atomic mass is 16.5. The molecule has 0 bridgehead atoms. The van der Waals surface area contributed by atoms with Gasteiger partial charge in [0.05, 0.1) is 12.8 Å². The SMILES string of the molecule is CCN(NC(=O)c1oc2ccc(OC)cc2c1C)c1ccc(C)cc1. The van der Waals surface area contributed by atoms with E-state index in [4.69, 9.17) is 9.15 Å². The number of amides is 1. The van der Waals surface area contributed by atoms with Crippen molar-refractivity contribution in [2.45, 2.75) is 20.8 Å². The summed E-state index contributed by atoms with van der Waals surface area (Å²) in [4.78, 5) is 12.7. The van der Waals surface area contributed by atoms with Crippen LogP contribution >= 0.6 is 0 Å². The van der Waals surface area contributed by atoms with Gasteiger partial charge in [0.2, 0.25) is 0 Å². The van der Waals surface area contributed by atoms with E-state index in [1.165, 1.54) is 5.56 Å². The molecule has 3 rings (SSSR count). The van der Waals surface area contributed by atoms with Gasteiger partial charge in [-0.2, -0.15) is 0 Å². The minimum atomic E-state index is -0.268. The maximum absolute atomic E-state index is 12.7. The van der Waals surface area contributed by atoms with Crippen LogP contribution in [-0.2, 0) is 0 Å². The fourth-order valence-electron chi connectivity index (χ4n) is 2.77. The lowest BCUT2D eigenvalue weighted by atomic mass is 10.1. The average Bonchev–Trinajstić information content (AvgIpc) is 2.96. The summed E-state index contributed by atoms with van der Waals surface area (Å²) in [5.74, 6) is 0.780. The standard InChI is InChI=1S/C20H22N2O3/c1-5-22(15-8-6-13(2)7-9-15)21-20(23)19-14(3)17-12-16(24-4)10-11-18(17)25-19/h6-12H,5H2,1-4H3,(H,21,23). The predicted molar refractivity (Wildman–Crippen MR) is 99.2 cm³/mol. The second-order valence-corrected chi connectivity index (χ2v) is 5.94. The number of benzene rings is 2. The number of rotatable bonds is 5. The average molecular weight is 338 g/mol. The molecule has 0 aliphatic carbocycles. The first-order chi connectivity index (χ1) is 12.0. The number of nitrogens with zero attached hydrogens (tertiary/aromatic N) is 1. The van der Waals surface area contributed by atoms with Crippen LogP contribution in [0.4, 0.5) is 5.69 Å². The molecule has 5 heteroatoms. The number of nitrogens with one attached hydrogen (secondary N) is 1. The van der Waals surface area contributed by atoms with Crippen molar-refractivity contribution in [1.82, 2.24) is 5.43 Å². The Bertz CT molecular complexity index is 897. The third-order valence-corrected chi connectivity index (χ3v) is 4.25. The zero-order valence-electron chi connectivity index (χ0n) is 14.9. The molecule has 130 valence electrons. The van der Waals surface area contributed by atoms with Gasteiger partial charge >= 0.3 is 5.91 Å². The number of hydrogen-bond acceptors (Lipinski definition) is 4. The van der Waals surface area contributed by atoms with Gasteiger partial charge < -0.3 is 9.15 Å². The van der Waals surface area contributed by atoms with Crippen molar-refractivity contribution in [3.8, 4) is 5.75 Å². The molecule has 1 amide bonds. The largest absolute Gasteiger partial charge is 0.497 e. The number of carbonyl (C=O) groups is 1. The van der Waals surface area contributed by atoms with Gasteiger partial charge in [-0.15, -0.1) is 0 Å². The van der Waals surface area contributed by atoms with Crippen molar-refractivity contribution in [1.29, 1.82) is 0 Å². The number of carbonyl (C=O) groups excluding carboxylic acids is 1. The van der Waals surface area contributed by atoms with E-state index in [1.54, 1.807) is 12.1 Å². The van der Waals surface area contributed by atoms with Crippen molar-refractivity contribution in [2.75, 3.05) is 18.7 Å². The Balaban J connectivity index is 1.88. The van der Waals surface area contributed by atoms with Crippen LogP contribution in [0.1, 0.15) is 28.6 Å². The molecule has 1 aromatic heterocycles. The van der Waals surface area contributed by atoms with Crippen molar-refractivity contribution in [3.05, 3.63) is 59.4 Å². The molecule has 5 nitrogen and oxygen atoms in total. The van der Waals surface area contributed by atoms with E-state index in [0.29, 0.717) is 17.9 Å². The predicted octanol–water partition coefficient (Wildman–Crippen LogP) is 4.23. The Morgan fingerprint density at radius 2 is 1.88 bits per heavy atom. The number of fused-ring (bicyclic) bond motifs is 1. The van der Waals surface area contributed by atoms with Crippen molar-refractivity contribution >= 4 is 22.6 Å². The zero-order valence-corrected chi connectivity index (χ0v) is 14.9. The minimum absolute atomic E-state index is 0.268. The van der Waals surface area contributed by atoms with E-state index in [2.05, 4.69) is 5.43 Å². The Labute approximate surface area is 147 Å². The fourth-order valence-corrected chi connectivity index (χ4v) is 2.77. The van der Waals surface area contributed by atoms with Crippen molar-refractivity contribution in [3.63, 3.8) is 0 Å². The topological polar surface area (TPSA) is 54.7 Å². The van der Waals surface area contributed by atoms with Crippen LogP contribution in [0.15, 0.2) is 46.9 Å². The van der Waals surface area contributed by atoms with Crippen molar-refractivity contribution < 1.29 is 13.9 Å². The van der Waals surface area contributed by atoms with Crippen LogP contribution in [0.2, 0.25) is 0 Å². The molecule has 0 aliphatic rings. The van der Waals surface area contributed by atoms with Gasteiger partial charge in [0, 0.05) is 17.5 Å². The second-order valence-electron chi connectivity index (χ2n) is 5.94. The van der Waals surface area contributed by atoms with E-state index in [1.807, 2.05) is 63.2 Å². The normalized spacial score (nSPS) is 10.7. The number of hydrogen-bond donors (Lipinski definition) is 1. The zero-order chi connectivity index (χ0) is 18.0. The first kappa shape index (κ1) is 16.9. The number of furan rings is 1. The lowest BCUT2D eigenvalue weighted by molar-refractivity contribution is 0.0923. The van der Waals surface area contributed by atoms with E-state index in [0.717, 1.165) is 22.4 Å². The van der Waals surface area contributed by atoms with Gasteiger partial charge in [0.15, 0.2) is 5.76 Å². The molecule has 0 radical (unpaired) electrons. The number of anilines is 1. The van der Waals surface area contributed by atoms with Crippen LogP contribution in [0, 0.1) is 13.8 Å². The third kappa shape index (κ3) is 3.31. The highest BCUT2D eigenvalue weighted by Crippen LogP contribution is 2.29. The monoisotopic (exact) mass is 338 g/mol. The summed E-state index contributed by atoms with van der Waals surface area (Å²) >= 11 is 0. The van der Waals surface area contributed by atoms with Gasteiger partial charge in [-0.1, -0.05) is 17.7 Å². The van der Waals surface area contributed by atoms with E-state index < -0.39 is 0 Å². The van der Waals surface area contributed by atoms with Crippen LogP contribution in [0.25, 0.3) is 11.0 Å². The highest BCUT2D eigenvalue weighted by molar-refractivity contribution is 5.99. The quantitative estimate of drug-likeness (QED) is 0.707. The molecule has 1 N–H and O–H groups in total. The summed E-state index contributed by atoms with van der Waals surface area (Å²) in [6.45, 7) is 6.53. The summed E-state index contributed by atoms with van der Waals surface area (Å²) in [6.07, 6.45) is 0. The molecule has 25 heavy (non-hydrogen) atoms. The summed E-state index contributed by atoms with van der Waals surface area (Å²) in [5.41, 5.74) is 6.49. The molecule has 2 aromatic carbocycles. The molecule has 0 fully saturated rings. The van der Waals surface area contributed by atoms with Crippen LogP contribution < -0.4 is 15.2 Å². The Kier molecular flexibility index (Phi) is 4.65. The van der Waals surface area contributed by atoms with Crippen molar-refractivity contribution in [2.24, 2.45) is 0 Å². The van der Waals surface area contributed by atoms with Crippen LogP contribution in [-0.4, -0.2) is 19.6 Å². The Hall–Kier alpha value is -2.95. The highest BCUT2D eigenvalue weighted by Gasteiger charge is 2.20. The molecular formula is C20H22N2O3. The Morgan fingerprint density at radius 3 is 2.52 bits per heavy atom. The molecular weight excluding hydrogens is 316 g/mol. The van der Waals surface area contributed by atoms with E-state index in [-0.39, 0.29) is 5.91 Å². The summed E-state index contributed by atoms with van der Waals surface area (Å²) in [7, 11) is 1.62. The summed E-state index contributed by atoms with van der Waals surface area (Å²) in [6, 6.07) is 13.5. The van der Waals surface area contributed by atoms with Gasteiger partial charge in [-0.25, -0.2) is 0 Å². The lowest BCUT2D eigenvalue weighted by Gasteiger charge is -2.23. The van der Waals surface area contributed by atoms with Gasteiger partial charge in [-0.3, -0.25) is 15.2 Å². The fraction of sp³-hybridized carbons (Fsp3) is 0.250. The molecule has 0 aliphatic heterocycles. The van der Waals surface area contributed by atoms with E-state index >= 15 is 0 Å².